The first-order valence-electron chi connectivity index (χ1n) is 10.8. The van der Waals surface area contributed by atoms with Crippen molar-refractivity contribution in [3.63, 3.8) is 0 Å². The van der Waals surface area contributed by atoms with Crippen LogP contribution in [0.5, 0.6) is 0 Å². The van der Waals surface area contributed by atoms with Gasteiger partial charge in [0.2, 0.25) is 0 Å². The van der Waals surface area contributed by atoms with Crippen molar-refractivity contribution in [1.82, 2.24) is 24.6 Å². The highest BCUT2D eigenvalue weighted by molar-refractivity contribution is 6.29. The molecule has 1 aliphatic heterocycles. The van der Waals surface area contributed by atoms with Crippen molar-refractivity contribution >= 4 is 29.2 Å². The molecule has 4 rings (SSSR count). The predicted molar refractivity (Wildman–Crippen MR) is 127 cm³/mol. The third-order valence-corrected chi connectivity index (χ3v) is 5.71. The van der Waals surface area contributed by atoms with Gasteiger partial charge in [0.05, 0.1) is 11.9 Å². The molecule has 0 bridgehead atoms. The monoisotopic (exact) mass is 473 g/mol. The van der Waals surface area contributed by atoms with Crippen LogP contribution in [-0.2, 0) is 0 Å². The van der Waals surface area contributed by atoms with Crippen LogP contribution < -0.4 is 10.6 Å². The molecule has 1 aliphatic rings. The van der Waals surface area contributed by atoms with Gasteiger partial charge in [-0.2, -0.15) is 15.1 Å². The van der Waals surface area contributed by atoms with Crippen LogP contribution in [0.1, 0.15) is 31.0 Å². The summed E-state index contributed by atoms with van der Waals surface area (Å²) in [4.78, 5) is 12.8. The van der Waals surface area contributed by atoms with E-state index < -0.39 is 11.6 Å². The Labute approximate surface area is 196 Å². The fourth-order valence-electron chi connectivity index (χ4n) is 3.99. The molecule has 7 nitrogen and oxygen atoms in total. The van der Waals surface area contributed by atoms with Crippen LogP contribution in [0.2, 0.25) is 5.15 Å². The molecule has 1 aromatic carbocycles. The molecule has 33 heavy (non-hydrogen) atoms. The molecule has 2 N–H and O–H groups in total. The van der Waals surface area contributed by atoms with E-state index in [0.29, 0.717) is 24.7 Å². The molecule has 10 heteroatoms. The molecule has 2 aromatic heterocycles. The zero-order valence-electron chi connectivity index (χ0n) is 18.5. The lowest BCUT2D eigenvalue weighted by Crippen LogP contribution is -2.46. The molecule has 0 radical (unpaired) electrons. The summed E-state index contributed by atoms with van der Waals surface area (Å²) in [5, 5.41) is 4.72. The molecule has 0 amide bonds. The van der Waals surface area contributed by atoms with Gasteiger partial charge in [-0.15, -0.1) is 0 Å². The van der Waals surface area contributed by atoms with E-state index in [-0.39, 0.29) is 16.9 Å². The number of piperazine rings is 1. The maximum Gasteiger partial charge on any atom is 0.254 e. The topological polar surface area (TPSA) is 76.1 Å². The molecule has 0 aliphatic carbocycles. The highest BCUT2D eigenvalue weighted by Gasteiger charge is 2.19. The van der Waals surface area contributed by atoms with Gasteiger partial charge in [-0.05, 0) is 18.1 Å². The minimum absolute atomic E-state index is 0.172. The van der Waals surface area contributed by atoms with Crippen molar-refractivity contribution in [2.75, 3.05) is 43.4 Å². The van der Waals surface area contributed by atoms with E-state index in [1.54, 1.807) is 10.9 Å². The molecule has 0 spiro atoms. The average Bonchev–Trinajstić information content (AvgIpc) is 3.17. The number of benzene rings is 1. The van der Waals surface area contributed by atoms with Crippen molar-refractivity contribution in [1.29, 1.82) is 0 Å². The summed E-state index contributed by atoms with van der Waals surface area (Å²) in [6, 6.07) is 5.14. The van der Waals surface area contributed by atoms with Crippen molar-refractivity contribution in [3.05, 3.63) is 64.6 Å². The Morgan fingerprint density at radius 3 is 2.39 bits per heavy atom. The van der Waals surface area contributed by atoms with Crippen molar-refractivity contribution in [3.8, 4) is 5.95 Å². The maximum absolute atomic E-state index is 13.5. The first-order chi connectivity index (χ1) is 15.8. The van der Waals surface area contributed by atoms with Crippen LogP contribution in [0.25, 0.3) is 12.0 Å². The summed E-state index contributed by atoms with van der Waals surface area (Å²) in [6.45, 7) is 7.93. The standard InChI is InChI=1S/C23H26ClF2N7/c1-15(2)22-16(14-28-33(22)23-29-20(24)13-21(27)30-23)4-3-5-31-6-8-32(9-7-31)19-11-17(25)10-18(26)12-19/h3-4,10-15H,5-9H2,1-2H3,(H2,27,29,30)/b4-3+. The van der Waals surface area contributed by atoms with Crippen molar-refractivity contribution < 1.29 is 8.78 Å². The lowest BCUT2D eigenvalue weighted by molar-refractivity contribution is 0.284. The number of anilines is 2. The molecule has 3 heterocycles. The lowest BCUT2D eigenvalue weighted by Gasteiger charge is -2.35. The Bertz CT molecular complexity index is 1110. The van der Waals surface area contributed by atoms with Crippen molar-refractivity contribution in [2.45, 2.75) is 19.8 Å². The number of halogens is 3. The third kappa shape index (κ3) is 5.48. The van der Waals surface area contributed by atoms with Crippen LogP contribution in [0.3, 0.4) is 0 Å². The van der Waals surface area contributed by atoms with Gasteiger partial charge in [-0.25, -0.2) is 13.5 Å². The molecule has 0 atom stereocenters. The second-order valence-corrected chi connectivity index (χ2v) is 8.67. The first kappa shape index (κ1) is 23.1. The Balaban J connectivity index is 1.41. The molecule has 1 fully saturated rings. The number of rotatable bonds is 6. The highest BCUT2D eigenvalue weighted by Crippen LogP contribution is 2.24. The van der Waals surface area contributed by atoms with Gasteiger partial charge in [0.25, 0.3) is 5.95 Å². The minimum Gasteiger partial charge on any atom is -0.383 e. The summed E-state index contributed by atoms with van der Waals surface area (Å²) >= 11 is 6.04. The maximum atomic E-state index is 13.5. The molecule has 174 valence electrons. The van der Waals surface area contributed by atoms with E-state index in [9.17, 15) is 8.78 Å². The average molecular weight is 474 g/mol. The summed E-state index contributed by atoms with van der Waals surface area (Å²) in [6.07, 6.45) is 5.92. The smallest absolute Gasteiger partial charge is 0.254 e. The Morgan fingerprint density at radius 1 is 1.06 bits per heavy atom. The molecule has 0 unspecified atom stereocenters. The number of hydrogen-bond donors (Lipinski definition) is 1. The molecule has 0 saturated carbocycles. The van der Waals surface area contributed by atoms with Crippen LogP contribution in [0.15, 0.2) is 36.5 Å². The molecule has 1 saturated heterocycles. The van der Waals surface area contributed by atoms with Crippen molar-refractivity contribution in [2.24, 2.45) is 0 Å². The number of nitrogens with two attached hydrogens (primary N) is 1. The van der Waals surface area contributed by atoms with E-state index in [2.05, 4.69) is 39.9 Å². The molecular weight excluding hydrogens is 448 g/mol. The zero-order valence-corrected chi connectivity index (χ0v) is 19.3. The fourth-order valence-corrected chi connectivity index (χ4v) is 4.18. The largest absolute Gasteiger partial charge is 0.383 e. The third-order valence-electron chi connectivity index (χ3n) is 5.52. The van der Waals surface area contributed by atoms with Gasteiger partial charge >= 0.3 is 0 Å². The fraction of sp³-hybridized carbons (Fsp3) is 0.348. The quantitative estimate of drug-likeness (QED) is 0.542. The Morgan fingerprint density at radius 2 is 1.76 bits per heavy atom. The Hall–Kier alpha value is -3.04. The summed E-state index contributed by atoms with van der Waals surface area (Å²) < 4.78 is 28.7. The van der Waals surface area contributed by atoms with Gasteiger partial charge in [0.1, 0.15) is 22.6 Å². The predicted octanol–water partition coefficient (Wildman–Crippen LogP) is 4.13. The summed E-state index contributed by atoms with van der Waals surface area (Å²) in [7, 11) is 0. The molecule has 3 aromatic rings. The number of hydrogen-bond acceptors (Lipinski definition) is 6. The van der Waals surface area contributed by atoms with E-state index in [1.807, 2.05) is 11.0 Å². The second-order valence-electron chi connectivity index (χ2n) is 8.28. The van der Waals surface area contributed by atoms with Gasteiger partial charge < -0.3 is 10.6 Å². The number of aromatic nitrogens is 4. The minimum atomic E-state index is -0.553. The first-order valence-corrected chi connectivity index (χ1v) is 11.2. The number of nitrogen functional groups attached to an aromatic ring is 1. The normalized spacial score (nSPS) is 15.2. The van der Waals surface area contributed by atoms with Crippen LogP contribution >= 0.6 is 11.6 Å². The molecular formula is C23H26ClF2N7. The van der Waals surface area contributed by atoms with E-state index in [0.717, 1.165) is 37.0 Å². The van der Waals surface area contributed by atoms with Gasteiger partial charge in [0.15, 0.2) is 0 Å². The second kappa shape index (κ2) is 9.84. The van der Waals surface area contributed by atoms with E-state index in [1.165, 1.54) is 18.2 Å². The van der Waals surface area contributed by atoms with Crippen LogP contribution in [0.4, 0.5) is 20.3 Å². The SMILES string of the molecule is CC(C)c1c(/C=C/CN2CCN(c3cc(F)cc(F)c3)CC2)cnn1-c1nc(N)cc(Cl)n1. The summed E-state index contributed by atoms with van der Waals surface area (Å²) in [5.74, 6) is -0.308. The van der Waals surface area contributed by atoms with E-state index >= 15 is 0 Å². The van der Waals surface area contributed by atoms with Gasteiger partial charge in [-0.3, -0.25) is 4.90 Å². The van der Waals surface area contributed by atoms with Gasteiger partial charge in [-0.1, -0.05) is 37.6 Å². The Kier molecular flexibility index (Phi) is 6.90. The number of nitrogens with zero attached hydrogens (tertiary/aromatic N) is 6. The van der Waals surface area contributed by atoms with Crippen LogP contribution in [-0.4, -0.2) is 57.4 Å². The zero-order chi connectivity index (χ0) is 23.5. The van der Waals surface area contributed by atoms with Crippen LogP contribution in [0, 0.1) is 11.6 Å². The van der Waals surface area contributed by atoms with E-state index in [4.69, 9.17) is 17.3 Å². The highest BCUT2D eigenvalue weighted by atomic mass is 35.5. The van der Waals surface area contributed by atoms with Gasteiger partial charge in [0, 0.05) is 56.1 Å². The lowest BCUT2D eigenvalue weighted by atomic mass is 10.1. The summed E-state index contributed by atoms with van der Waals surface area (Å²) in [5.41, 5.74) is 8.34.